The quantitative estimate of drug-likeness (QED) is 0.668. The first-order valence-electron chi connectivity index (χ1n) is 10.9. The molecule has 2 amide bonds. The number of hydrogen-bond donors (Lipinski definition) is 1. The topological polar surface area (TPSA) is 58.6 Å². The molecule has 0 saturated heterocycles. The van der Waals surface area contributed by atoms with Gasteiger partial charge in [-0.15, -0.1) is 0 Å². The molecule has 0 fully saturated rings. The van der Waals surface area contributed by atoms with Crippen molar-refractivity contribution in [3.63, 3.8) is 0 Å². The molecule has 0 aliphatic rings. The Labute approximate surface area is 191 Å². The molecule has 0 aliphatic heterocycles. The van der Waals surface area contributed by atoms with Gasteiger partial charge in [0.15, 0.2) is 6.61 Å². The number of amides is 2. The Bertz CT molecular complexity index is 927. The number of ether oxygens (including phenoxy) is 1. The minimum absolute atomic E-state index is 0.0146. The summed E-state index contributed by atoms with van der Waals surface area (Å²) < 4.78 is 20.0. The van der Waals surface area contributed by atoms with Gasteiger partial charge >= 0.3 is 0 Å². The van der Waals surface area contributed by atoms with Gasteiger partial charge < -0.3 is 15.0 Å². The van der Waals surface area contributed by atoms with E-state index in [4.69, 9.17) is 4.74 Å². The lowest BCUT2D eigenvalue weighted by Crippen LogP contribution is -2.53. The number of carbonyl (C=O) groups is 2. The normalized spacial score (nSPS) is 12.8. The maximum absolute atomic E-state index is 14.3. The van der Waals surface area contributed by atoms with Crippen LogP contribution in [0.5, 0.6) is 5.75 Å². The van der Waals surface area contributed by atoms with E-state index in [0.717, 1.165) is 5.56 Å². The third-order valence-corrected chi connectivity index (χ3v) is 5.05. The molecule has 5 nitrogen and oxygen atoms in total. The monoisotopic (exact) mass is 442 g/mol. The predicted octanol–water partition coefficient (Wildman–Crippen LogP) is 4.83. The summed E-state index contributed by atoms with van der Waals surface area (Å²) >= 11 is 0. The first-order valence-corrected chi connectivity index (χ1v) is 10.9. The lowest BCUT2D eigenvalue weighted by molar-refractivity contribution is -0.142. The molecule has 0 aromatic heterocycles. The predicted molar refractivity (Wildman–Crippen MR) is 125 cm³/mol. The molecule has 1 atom stereocenters. The smallest absolute Gasteiger partial charge is 0.261 e. The molecular formula is C26H35FN2O3. The highest BCUT2D eigenvalue weighted by Gasteiger charge is 2.29. The molecule has 0 saturated carbocycles. The summed E-state index contributed by atoms with van der Waals surface area (Å²) in [6.07, 6.45) is 0. The zero-order valence-corrected chi connectivity index (χ0v) is 20.2. The molecule has 2 aromatic carbocycles. The number of carbonyl (C=O) groups excluding carboxylic acids is 2. The third-order valence-electron chi connectivity index (χ3n) is 5.05. The molecule has 0 unspecified atom stereocenters. The second kappa shape index (κ2) is 10.2. The van der Waals surface area contributed by atoms with Gasteiger partial charge in [0.2, 0.25) is 5.91 Å². The van der Waals surface area contributed by atoms with Gasteiger partial charge in [-0.05, 0) is 56.9 Å². The number of nitrogens with zero attached hydrogens (tertiary/aromatic N) is 1. The van der Waals surface area contributed by atoms with Crippen molar-refractivity contribution in [1.29, 1.82) is 0 Å². The molecule has 1 N–H and O–H groups in total. The van der Waals surface area contributed by atoms with Crippen LogP contribution in [-0.4, -0.2) is 34.9 Å². The number of hydrogen-bond acceptors (Lipinski definition) is 3. The highest BCUT2D eigenvalue weighted by Crippen LogP contribution is 2.24. The van der Waals surface area contributed by atoms with Crippen LogP contribution >= 0.6 is 0 Å². The van der Waals surface area contributed by atoms with Crippen LogP contribution in [0.15, 0.2) is 48.5 Å². The van der Waals surface area contributed by atoms with Gasteiger partial charge in [-0.25, -0.2) is 4.39 Å². The fourth-order valence-electron chi connectivity index (χ4n) is 3.15. The van der Waals surface area contributed by atoms with E-state index < -0.39 is 23.3 Å². The molecule has 0 aliphatic carbocycles. The summed E-state index contributed by atoms with van der Waals surface area (Å²) in [5, 5.41) is 2.88. The fourth-order valence-corrected chi connectivity index (χ4v) is 3.15. The van der Waals surface area contributed by atoms with Crippen LogP contribution in [0.25, 0.3) is 0 Å². The van der Waals surface area contributed by atoms with Crippen molar-refractivity contribution < 1.29 is 18.7 Å². The SMILES string of the molecule is C[C@H](C(=O)NC(C)(C)C)N(Cc1ccccc1F)C(=O)COc1ccc(C(C)(C)C)cc1. The summed E-state index contributed by atoms with van der Waals surface area (Å²) in [7, 11) is 0. The van der Waals surface area contributed by atoms with Crippen molar-refractivity contribution in [2.45, 2.75) is 72.0 Å². The minimum Gasteiger partial charge on any atom is -0.484 e. The Morgan fingerprint density at radius 3 is 2.12 bits per heavy atom. The van der Waals surface area contributed by atoms with Gasteiger partial charge in [0, 0.05) is 17.6 Å². The molecule has 2 rings (SSSR count). The zero-order valence-electron chi connectivity index (χ0n) is 20.2. The maximum Gasteiger partial charge on any atom is 0.261 e. The van der Waals surface area contributed by atoms with Crippen LogP contribution < -0.4 is 10.1 Å². The van der Waals surface area contributed by atoms with E-state index in [2.05, 4.69) is 26.1 Å². The lowest BCUT2D eigenvalue weighted by Gasteiger charge is -2.31. The van der Waals surface area contributed by atoms with E-state index in [1.54, 1.807) is 25.1 Å². The van der Waals surface area contributed by atoms with Crippen LogP contribution in [0, 0.1) is 5.82 Å². The molecule has 2 aromatic rings. The Hall–Kier alpha value is -2.89. The van der Waals surface area contributed by atoms with Crippen LogP contribution in [-0.2, 0) is 21.5 Å². The van der Waals surface area contributed by atoms with E-state index in [-0.39, 0.29) is 24.5 Å². The van der Waals surface area contributed by atoms with Crippen molar-refractivity contribution >= 4 is 11.8 Å². The van der Waals surface area contributed by atoms with Gasteiger partial charge in [-0.3, -0.25) is 9.59 Å². The Morgan fingerprint density at radius 2 is 1.59 bits per heavy atom. The third kappa shape index (κ3) is 7.36. The average molecular weight is 443 g/mol. The average Bonchev–Trinajstić information content (AvgIpc) is 2.69. The Balaban J connectivity index is 2.17. The summed E-state index contributed by atoms with van der Waals surface area (Å²) in [5.74, 6) is -0.571. The van der Waals surface area contributed by atoms with Crippen molar-refractivity contribution in [1.82, 2.24) is 10.2 Å². The minimum atomic E-state index is -0.798. The van der Waals surface area contributed by atoms with E-state index in [1.807, 2.05) is 45.0 Å². The summed E-state index contributed by atoms with van der Waals surface area (Å²) in [4.78, 5) is 27.2. The van der Waals surface area contributed by atoms with Gasteiger partial charge in [0.05, 0.1) is 0 Å². The second-order valence-electron chi connectivity index (χ2n) is 10.1. The molecule has 0 spiro atoms. The Morgan fingerprint density at radius 1 is 1.00 bits per heavy atom. The fraction of sp³-hybridized carbons (Fsp3) is 0.462. The molecule has 174 valence electrons. The largest absolute Gasteiger partial charge is 0.484 e. The highest BCUT2D eigenvalue weighted by molar-refractivity contribution is 5.88. The lowest BCUT2D eigenvalue weighted by atomic mass is 9.87. The summed E-state index contributed by atoms with van der Waals surface area (Å²) in [6, 6.07) is 13.0. The van der Waals surface area contributed by atoms with Crippen molar-refractivity contribution in [2.75, 3.05) is 6.61 Å². The number of halogens is 1. The van der Waals surface area contributed by atoms with Crippen LogP contribution in [0.4, 0.5) is 4.39 Å². The summed E-state index contributed by atoms with van der Waals surface area (Å²) in [6.45, 7) is 13.3. The maximum atomic E-state index is 14.3. The van der Waals surface area contributed by atoms with Crippen molar-refractivity contribution in [3.05, 3.63) is 65.5 Å². The first kappa shape index (κ1) is 25.4. The summed E-state index contributed by atoms with van der Waals surface area (Å²) in [5.41, 5.74) is 1.06. The van der Waals surface area contributed by atoms with Crippen LogP contribution in [0.2, 0.25) is 0 Å². The van der Waals surface area contributed by atoms with E-state index in [1.165, 1.54) is 11.0 Å². The molecular weight excluding hydrogens is 407 g/mol. The van der Waals surface area contributed by atoms with Gasteiger partial charge in [0.1, 0.15) is 17.6 Å². The molecule has 0 heterocycles. The number of nitrogens with one attached hydrogen (secondary N) is 1. The van der Waals surface area contributed by atoms with Gasteiger partial charge in [-0.1, -0.05) is 51.1 Å². The highest BCUT2D eigenvalue weighted by atomic mass is 19.1. The van der Waals surface area contributed by atoms with Crippen molar-refractivity contribution in [2.24, 2.45) is 0 Å². The second-order valence-corrected chi connectivity index (χ2v) is 10.1. The standard InChI is InChI=1S/C26H35FN2O3/c1-18(24(31)28-26(5,6)7)29(16-19-10-8-9-11-22(19)27)23(30)17-32-21-14-12-20(13-15-21)25(2,3)4/h8-15,18H,16-17H2,1-7H3,(H,28,31)/t18-/m1/s1. The molecule has 0 radical (unpaired) electrons. The van der Waals surface area contributed by atoms with Crippen molar-refractivity contribution in [3.8, 4) is 5.75 Å². The number of benzene rings is 2. The van der Waals surface area contributed by atoms with E-state index in [9.17, 15) is 14.0 Å². The molecule has 0 bridgehead atoms. The van der Waals surface area contributed by atoms with Gasteiger partial charge in [-0.2, -0.15) is 0 Å². The molecule has 6 heteroatoms. The van der Waals surface area contributed by atoms with Crippen LogP contribution in [0.1, 0.15) is 59.6 Å². The Kier molecular flexibility index (Phi) is 8.05. The number of rotatable bonds is 7. The first-order chi connectivity index (χ1) is 14.8. The van der Waals surface area contributed by atoms with Gasteiger partial charge in [0.25, 0.3) is 5.91 Å². The molecule has 32 heavy (non-hydrogen) atoms. The van der Waals surface area contributed by atoms with E-state index >= 15 is 0 Å². The van der Waals surface area contributed by atoms with E-state index in [0.29, 0.717) is 11.3 Å². The zero-order chi connectivity index (χ0) is 24.1. The van der Waals surface area contributed by atoms with Crippen LogP contribution in [0.3, 0.4) is 0 Å².